The van der Waals surface area contributed by atoms with Crippen LogP contribution in [0.2, 0.25) is 0 Å². The van der Waals surface area contributed by atoms with Crippen molar-refractivity contribution in [1.82, 2.24) is 0 Å². The molecule has 1 saturated carbocycles. The van der Waals surface area contributed by atoms with Crippen LogP contribution in [0.1, 0.15) is 42.4 Å². The SMILES string of the molecule is Cc1cc2c(c(C)c1O)C(=N)CC1(CCC1)O2. The summed E-state index contributed by atoms with van der Waals surface area (Å²) in [7, 11) is 0. The summed E-state index contributed by atoms with van der Waals surface area (Å²) < 4.78 is 6.09. The van der Waals surface area contributed by atoms with Crippen molar-refractivity contribution in [1.29, 1.82) is 5.41 Å². The molecule has 0 bridgehead atoms. The molecule has 0 atom stereocenters. The molecule has 1 aromatic rings. The van der Waals surface area contributed by atoms with Crippen LogP contribution < -0.4 is 4.74 Å². The van der Waals surface area contributed by atoms with Crippen molar-refractivity contribution in [3.63, 3.8) is 0 Å². The average molecular weight is 231 g/mol. The Balaban J connectivity index is 2.15. The minimum absolute atomic E-state index is 0.111. The standard InChI is InChI=1S/C14H17NO2/c1-8-6-11-12(9(2)13(8)16)10(15)7-14(17-11)4-3-5-14/h6,15-16H,3-5,7H2,1-2H3. The van der Waals surface area contributed by atoms with Gasteiger partial charge in [0, 0.05) is 23.3 Å². The number of rotatable bonds is 0. The lowest BCUT2D eigenvalue weighted by Gasteiger charge is -2.45. The number of nitrogens with one attached hydrogen (secondary N) is 1. The Morgan fingerprint density at radius 1 is 1.35 bits per heavy atom. The van der Waals surface area contributed by atoms with Crippen LogP contribution in [0.15, 0.2) is 6.07 Å². The van der Waals surface area contributed by atoms with Crippen LogP contribution in [0.4, 0.5) is 0 Å². The van der Waals surface area contributed by atoms with E-state index in [-0.39, 0.29) is 5.60 Å². The highest BCUT2D eigenvalue weighted by atomic mass is 16.5. The molecular weight excluding hydrogens is 214 g/mol. The second kappa shape index (κ2) is 3.25. The van der Waals surface area contributed by atoms with E-state index in [4.69, 9.17) is 10.1 Å². The van der Waals surface area contributed by atoms with Crippen molar-refractivity contribution in [3.8, 4) is 11.5 Å². The number of hydrogen-bond donors (Lipinski definition) is 2. The smallest absolute Gasteiger partial charge is 0.130 e. The van der Waals surface area contributed by atoms with E-state index in [2.05, 4.69) is 0 Å². The summed E-state index contributed by atoms with van der Waals surface area (Å²) in [6, 6.07) is 1.87. The molecule has 1 fully saturated rings. The fourth-order valence-electron chi connectivity index (χ4n) is 2.92. The molecular formula is C14H17NO2. The van der Waals surface area contributed by atoms with Gasteiger partial charge in [-0.2, -0.15) is 0 Å². The Hall–Kier alpha value is -1.51. The van der Waals surface area contributed by atoms with Gasteiger partial charge in [-0.3, -0.25) is 0 Å². The van der Waals surface area contributed by atoms with Crippen LogP contribution in [0.5, 0.6) is 11.5 Å². The van der Waals surface area contributed by atoms with E-state index in [0.717, 1.165) is 35.3 Å². The third-order valence-corrected chi connectivity index (χ3v) is 4.09. The van der Waals surface area contributed by atoms with E-state index in [1.807, 2.05) is 19.9 Å². The molecule has 3 heteroatoms. The fraction of sp³-hybridized carbons (Fsp3) is 0.500. The lowest BCUT2D eigenvalue weighted by Crippen LogP contribution is -2.47. The van der Waals surface area contributed by atoms with Gasteiger partial charge in [-0.15, -0.1) is 0 Å². The van der Waals surface area contributed by atoms with Gasteiger partial charge in [0.15, 0.2) is 0 Å². The Kier molecular flexibility index (Phi) is 2.03. The molecule has 1 aliphatic heterocycles. The van der Waals surface area contributed by atoms with Gasteiger partial charge in [0.05, 0.1) is 0 Å². The molecule has 0 unspecified atom stereocenters. The van der Waals surface area contributed by atoms with Crippen LogP contribution in [0.3, 0.4) is 0 Å². The van der Waals surface area contributed by atoms with Gasteiger partial charge < -0.3 is 15.3 Å². The zero-order valence-corrected chi connectivity index (χ0v) is 10.3. The second-order valence-electron chi connectivity index (χ2n) is 5.33. The van der Waals surface area contributed by atoms with Gasteiger partial charge in [-0.25, -0.2) is 0 Å². The maximum Gasteiger partial charge on any atom is 0.130 e. The summed E-state index contributed by atoms with van der Waals surface area (Å²) in [5.41, 5.74) is 2.90. The highest BCUT2D eigenvalue weighted by molar-refractivity contribution is 6.04. The predicted molar refractivity (Wildman–Crippen MR) is 66.2 cm³/mol. The van der Waals surface area contributed by atoms with Crippen molar-refractivity contribution in [2.45, 2.75) is 45.1 Å². The van der Waals surface area contributed by atoms with E-state index >= 15 is 0 Å². The summed E-state index contributed by atoms with van der Waals surface area (Å²) in [6.45, 7) is 3.73. The van der Waals surface area contributed by atoms with Gasteiger partial charge in [0.25, 0.3) is 0 Å². The maximum atomic E-state index is 9.93. The normalized spacial score (nSPS) is 20.7. The quantitative estimate of drug-likeness (QED) is 0.721. The second-order valence-corrected chi connectivity index (χ2v) is 5.33. The Bertz CT molecular complexity index is 515. The molecule has 2 N–H and O–H groups in total. The van der Waals surface area contributed by atoms with E-state index < -0.39 is 0 Å². The van der Waals surface area contributed by atoms with Crippen molar-refractivity contribution < 1.29 is 9.84 Å². The molecule has 0 amide bonds. The topological polar surface area (TPSA) is 53.3 Å². The predicted octanol–water partition coefficient (Wildman–Crippen LogP) is 3.08. The zero-order valence-electron chi connectivity index (χ0n) is 10.3. The van der Waals surface area contributed by atoms with E-state index in [0.29, 0.717) is 17.9 Å². The largest absolute Gasteiger partial charge is 0.507 e. The van der Waals surface area contributed by atoms with Gasteiger partial charge in [-0.1, -0.05) is 0 Å². The molecule has 1 spiro atoms. The summed E-state index contributed by atoms with van der Waals surface area (Å²) in [5, 5.41) is 18.1. The van der Waals surface area contributed by atoms with Gasteiger partial charge in [0.1, 0.15) is 17.1 Å². The van der Waals surface area contributed by atoms with Crippen LogP contribution in [-0.2, 0) is 0 Å². The Morgan fingerprint density at radius 3 is 2.65 bits per heavy atom. The third-order valence-electron chi connectivity index (χ3n) is 4.09. The first-order valence-electron chi connectivity index (χ1n) is 6.12. The fourth-order valence-corrected chi connectivity index (χ4v) is 2.92. The van der Waals surface area contributed by atoms with Gasteiger partial charge in [0.2, 0.25) is 0 Å². The van der Waals surface area contributed by atoms with Crippen molar-refractivity contribution in [2.24, 2.45) is 0 Å². The molecule has 17 heavy (non-hydrogen) atoms. The number of benzene rings is 1. The number of ether oxygens (including phenoxy) is 1. The van der Waals surface area contributed by atoms with Gasteiger partial charge in [-0.05, 0) is 44.7 Å². The molecule has 0 radical (unpaired) electrons. The highest BCUT2D eigenvalue weighted by Crippen LogP contribution is 2.47. The zero-order chi connectivity index (χ0) is 12.2. The lowest BCUT2D eigenvalue weighted by atomic mass is 9.73. The van der Waals surface area contributed by atoms with Crippen molar-refractivity contribution in [2.75, 3.05) is 0 Å². The van der Waals surface area contributed by atoms with Gasteiger partial charge >= 0.3 is 0 Å². The van der Waals surface area contributed by atoms with Crippen LogP contribution >= 0.6 is 0 Å². The van der Waals surface area contributed by atoms with E-state index in [9.17, 15) is 5.11 Å². The molecule has 1 aliphatic carbocycles. The molecule has 1 aromatic carbocycles. The lowest BCUT2D eigenvalue weighted by molar-refractivity contribution is -0.00507. The number of aromatic hydroxyl groups is 1. The number of fused-ring (bicyclic) bond motifs is 1. The number of phenols is 1. The molecule has 3 nitrogen and oxygen atoms in total. The number of hydrogen-bond acceptors (Lipinski definition) is 3. The minimum Gasteiger partial charge on any atom is -0.507 e. The van der Waals surface area contributed by atoms with Crippen molar-refractivity contribution >= 4 is 5.71 Å². The monoisotopic (exact) mass is 231 g/mol. The summed E-state index contributed by atoms with van der Waals surface area (Å²) in [4.78, 5) is 0. The molecule has 3 rings (SSSR count). The first-order valence-corrected chi connectivity index (χ1v) is 6.12. The van der Waals surface area contributed by atoms with Crippen LogP contribution in [0, 0.1) is 19.3 Å². The number of aryl methyl sites for hydroxylation is 1. The summed E-state index contributed by atoms with van der Waals surface area (Å²) in [5.74, 6) is 1.08. The number of phenolic OH excluding ortho intramolecular Hbond substituents is 1. The van der Waals surface area contributed by atoms with E-state index in [1.165, 1.54) is 6.42 Å². The molecule has 0 aromatic heterocycles. The third kappa shape index (κ3) is 1.38. The van der Waals surface area contributed by atoms with Crippen LogP contribution in [-0.4, -0.2) is 16.4 Å². The van der Waals surface area contributed by atoms with E-state index in [1.54, 1.807) is 0 Å². The van der Waals surface area contributed by atoms with Crippen molar-refractivity contribution in [3.05, 3.63) is 22.8 Å². The Labute approximate surface area is 101 Å². The first-order chi connectivity index (χ1) is 8.02. The minimum atomic E-state index is -0.111. The summed E-state index contributed by atoms with van der Waals surface area (Å²) >= 11 is 0. The van der Waals surface area contributed by atoms with Crippen LogP contribution in [0.25, 0.3) is 0 Å². The molecule has 2 aliphatic rings. The summed E-state index contributed by atoms with van der Waals surface area (Å²) in [6.07, 6.45) is 3.98. The Morgan fingerprint density at radius 2 is 2.06 bits per heavy atom. The molecule has 1 heterocycles. The maximum absolute atomic E-state index is 9.93. The molecule has 90 valence electrons. The highest BCUT2D eigenvalue weighted by Gasteiger charge is 2.44. The average Bonchev–Trinajstić information content (AvgIpc) is 2.23. The first kappa shape index (κ1) is 10.6. The molecule has 0 saturated heterocycles.